The van der Waals surface area contributed by atoms with Crippen LogP contribution in [0.1, 0.15) is 12.0 Å². The Labute approximate surface area is 130 Å². The quantitative estimate of drug-likeness (QED) is 0.701. The Balaban J connectivity index is 2.00. The van der Waals surface area contributed by atoms with Crippen LogP contribution in [0.5, 0.6) is 0 Å². The first kappa shape index (κ1) is 17.4. The molecule has 9 heteroatoms. The Morgan fingerprint density at radius 2 is 1.82 bits per heavy atom. The summed E-state index contributed by atoms with van der Waals surface area (Å²) in [7, 11) is -7.55. The summed E-state index contributed by atoms with van der Waals surface area (Å²) in [4.78, 5) is 0.0386. The molecule has 1 fully saturated rings. The minimum Gasteiger partial charge on any atom is -0.373 e. The van der Waals surface area contributed by atoms with Gasteiger partial charge in [0.2, 0.25) is 0 Å². The largest absolute Gasteiger partial charge is 0.373 e. The van der Waals surface area contributed by atoms with Gasteiger partial charge in [0.1, 0.15) is 12.2 Å². The van der Waals surface area contributed by atoms with Crippen LogP contribution in [0.15, 0.2) is 29.2 Å². The standard InChI is InChI=1S/C13H18O7S2/c1-10-3-5-11(6-4-10)22(16,17)19-9-13-12(7-8-18-13)20-21(2,14)15/h3-6,12-13H,7-9H2,1-2H3/t12-,13+/m0/s1. The lowest BCUT2D eigenvalue weighted by atomic mass is 10.2. The lowest BCUT2D eigenvalue weighted by molar-refractivity contribution is 0.0242. The summed E-state index contributed by atoms with van der Waals surface area (Å²) < 4.78 is 61.5. The summed E-state index contributed by atoms with van der Waals surface area (Å²) in [5.74, 6) is 0. The van der Waals surface area contributed by atoms with Gasteiger partial charge >= 0.3 is 0 Å². The van der Waals surface area contributed by atoms with Crippen molar-refractivity contribution in [3.05, 3.63) is 29.8 Å². The number of benzene rings is 1. The van der Waals surface area contributed by atoms with Gasteiger partial charge in [-0.25, -0.2) is 0 Å². The van der Waals surface area contributed by atoms with E-state index in [9.17, 15) is 16.8 Å². The Morgan fingerprint density at radius 3 is 2.41 bits per heavy atom. The van der Waals surface area contributed by atoms with Gasteiger partial charge < -0.3 is 4.74 Å². The fourth-order valence-corrected chi connectivity index (χ4v) is 3.64. The van der Waals surface area contributed by atoms with Gasteiger partial charge in [-0.3, -0.25) is 8.37 Å². The van der Waals surface area contributed by atoms with Gasteiger partial charge in [0.25, 0.3) is 20.2 Å². The van der Waals surface area contributed by atoms with Gasteiger partial charge in [0.05, 0.1) is 17.8 Å². The van der Waals surface area contributed by atoms with Crippen molar-refractivity contribution in [2.24, 2.45) is 0 Å². The minimum atomic E-state index is -3.92. The van der Waals surface area contributed by atoms with E-state index < -0.39 is 32.4 Å². The van der Waals surface area contributed by atoms with E-state index in [0.29, 0.717) is 13.0 Å². The van der Waals surface area contributed by atoms with Crippen molar-refractivity contribution < 1.29 is 29.9 Å². The van der Waals surface area contributed by atoms with Crippen LogP contribution in [0.3, 0.4) is 0 Å². The van der Waals surface area contributed by atoms with E-state index in [1.54, 1.807) is 12.1 Å². The highest BCUT2D eigenvalue weighted by molar-refractivity contribution is 7.86. The normalized spacial score (nSPS) is 22.8. The molecule has 2 rings (SSSR count). The van der Waals surface area contributed by atoms with Crippen LogP contribution >= 0.6 is 0 Å². The van der Waals surface area contributed by atoms with Crippen molar-refractivity contribution in [3.63, 3.8) is 0 Å². The predicted octanol–water partition coefficient (Wildman–Crippen LogP) is 0.834. The molecule has 1 aromatic carbocycles. The highest BCUT2D eigenvalue weighted by Gasteiger charge is 2.33. The zero-order chi connectivity index (χ0) is 16.4. The molecule has 0 saturated carbocycles. The molecule has 124 valence electrons. The van der Waals surface area contributed by atoms with Crippen molar-refractivity contribution in [1.29, 1.82) is 0 Å². The summed E-state index contributed by atoms with van der Waals surface area (Å²) in [6.45, 7) is 1.84. The summed E-state index contributed by atoms with van der Waals surface area (Å²) in [5.41, 5.74) is 0.930. The molecule has 0 aliphatic carbocycles. The van der Waals surface area contributed by atoms with Crippen molar-refractivity contribution in [2.45, 2.75) is 30.4 Å². The van der Waals surface area contributed by atoms with E-state index in [4.69, 9.17) is 13.1 Å². The third-order valence-corrected chi connectivity index (χ3v) is 5.04. The SMILES string of the molecule is Cc1ccc(S(=O)(=O)OC[C@H]2OCC[C@@H]2OS(C)(=O)=O)cc1. The van der Waals surface area contributed by atoms with Gasteiger partial charge in [0.15, 0.2) is 0 Å². The van der Waals surface area contributed by atoms with Gasteiger partial charge in [-0.1, -0.05) is 17.7 Å². The Hall–Kier alpha value is -1.00. The molecule has 7 nitrogen and oxygen atoms in total. The molecule has 0 unspecified atom stereocenters. The Kier molecular flexibility index (Phi) is 5.23. The summed E-state index contributed by atoms with van der Waals surface area (Å²) in [5, 5.41) is 0. The van der Waals surface area contributed by atoms with Crippen LogP contribution in [-0.4, -0.2) is 48.5 Å². The van der Waals surface area contributed by atoms with E-state index in [1.807, 2.05) is 6.92 Å². The molecule has 0 amide bonds. The predicted molar refractivity (Wildman–Crippen MR) is 78.4 cm³/mol. The maximum absolute atomic E-state index is 12.1. The first-order valence-electron chi connectivity index (χ1n) is 6.63. The molecule has 1 aliphatic heterocycles. The van der Waals surface area contributed by atoms with Crippen LogP contribution in [0.2, 0.25) is 0 Å². The molecule has 0 radical (unpaired) electrons. The average Bonchev–Trinajstić information content (AvgIpc) is 2.82. The second kappa shape index (κ2) is 6.63. The monoisotopic (exact) mass is 350 g/mol. The maximum Gasteiger partial charge on any atom is 0.297 e. The van der Waals surface area contributed by atoms with Crippen molar-refractivity contribution in [2.75, 3.05) is 19.5 Å². The number of hydrogen-bond donors (Lipinski definition) is 0. The van der Waals surface area contributed by atoms with Gasteiger partial charge in [-0.15, -0.1) is 0 Å². The Morgan fingerprint density at radius 1 is 1.18 bits per heavy atom. The molecule has 1 saturated heterocycles. The highest BCUT2D eigenvalue weighted by atomic mass is 32.2. The van der Waals surface area contributed by atoms with Crippen LogP contribution in [0, 0.1) is 6.92 Å². The lowest BCUT2D eigenvalue weighted by Crippen LogP contribution is -2.31. The van der Waals surface area contributed by atoms with E-state index in [1.165, 1.54) is 12.1 Å². The number of rotatable bonds is 6. The van der Waals surface area contributed by atoms with Crippen LogP contribution in [0.4, 0.5) is 0 Å². The molecule has 0 N–H and O–H groups in total. The average molecular weight is 350 g/mol. The molecule has 0 bridgehead atoms. The maximum atomic E-state index is 12.1. The first-order chi connectivity index (χ1) is 10.2. The van der Waals surface area contributed by atoms with Gasteiger partial charge in [0, 0.05) is 13.0 Å². The molecule has 0 spiro atoms. The van der Waals surface area contributed by atoms with Crippen molar-refractivity contribution >= 4 is 20.2 Å². The molecule has 22 heavy (non-hydrogen) atoms. The summed E-state index contributed by atoms with van der Waals surface area (Å²) in [6.07, 6.45) is -0.170. The lowest BCUT2D eigenvalue weighted by Gasteiger charge is -2.17. The van der Waals surface area contributed by atoms with E-state index in [2.05, 4.69) is 0 Å². The molecular formula is C13H18O7S2. The molecule has 0 aromatic heterocycles. The zero-order valence-corrected chi connectivity index (χ0v) is 13.9. The zero-order valence-electron chi connectivity index (χ0n) is 12.3. The van der Waals surface area contributed by atoms with Crippen LogP contribution in [0.25, 0.3) is 0 Å². The second-order valence-electron chi connectivity index (χ2n) is 5.09. The third-order valence-electron chi connectivity index (χ3n) is 3.14. The first-order valence-corrected chi connectivity index (χ1v) is 9.86. The van der Waals surface area contributed by atoms with E-state index >= 15 is 0 Å². The fraction of sp³-hybridized carbons (Fsp3) is 0.538. The van der Waals surface area contributed by atoms with Gasteiger partial charge in [-0.05, 0) is 19.1 Å². The number of ether oxygens (including phenoxy) is 1. The third kappa shape index (κ3) is 4.75. The molecule has 1 heterocycles. The van der Waals surface area contributed by atoms with Crippen LogP contribution < -0.4 is 0 Å². The minimum absolute atomic E-state index is 0.0386. The second-order valence-corrected chi connectivity index (χ2v) is 8.30. The molecule has 1 aliphatic rings. The Bertz CT molecular complexity index is 707. The number of hydrogen-bond acceptors (Lipinski definition) is 7. The molecular weight excluding hydrogens is 332 g/mol. The molecule has 2 atom stereocenters. The fourth-order valence-electron chi connectivity index (χ4n) is 2.05. The summed E-state index contributed by atoms with van der Waals surface area (Å²) >= 11 is 0. The van der Waals surface area contributed by atoms with Gasteiger partial charge in [-0.2, -0.15) is 16.8 Å². The highest BCUT2D eigenvalue weighted by Crippen LogP contribution is 2.21. The number of aryl methyl sites for hydroxylation is 1. The molecule has 1 aromatic rings. The smallest absolute Gasteiger partial charge is 0.297 e. The van der Waals surface area contributed by atoms with Crippen LogP contribution in [-0.2, 0) is 33.3 Å². The topological polar surface area (TPSA) is 96.0 Å². The summed E-state index contributed by atoms with van der Waals surface area (Å²) in [6, 6.07) is 6.23. The van der Waals surface area contributed by atoms with E-state index in [0.717, 1.165) is 11.8 Å². The van der Waals surface area contributed by atoms with Crippen molar-refractivity contribution in [1.82, 2.24) is 0 Å². The van der Waals surface area contributed by atoms with Crippen molar-refractivity contribution in [3.8, 4) is 0 Å². The van der Waals surface area contributed by atoms with E-state index in [-0.39, 0.29) is 11.5 Å².